The smallest absolute Gasteiger partial charge is 0.251 e. The predicted octanol–water partition coefficient (Wildman–Crippen LogP) is 4.10. The summed E-state index contributed by atoms with van der Waals surface area (Å²) in [6.07, 6.45) is 0. The third-order valence-electron chi connectivity index (χ3n) is 3.02. The summed E-state index contributed by atoms with van der Waals surface area (Å²) < 4.78 is 0. The molecule has 0 saturated carbocycles. The van der Waals surface area contributed by atoms with Gasteiger partial charge in [0.15, 0.2) is 0 Å². The van der Waals surface area contributed by atoms with Gasteiger partial charge in [-0.25, -0.2) is 0 Å². The monoisotopic (exact) mass is 292 g/mol. The second-order valence-electron chi connectivity index (χ2n) is 4.28. The summed E-state index contributed by atoms with van der Waals surface area (Å²) >= 11 is 12.0. The molecule has 1 heterocycles. The molecule has 2 aromatic rings. The van der Waals surface area contributed by atoms with Crippen LogP contribution in [0.4, 0.5) is 11.4 Å². The number of carbonyl (C=O) groups is 1. The molecule has 5 heteroatoms. The molecule has 0 radical (unpaired) electrons. The van der Waals surface area contributed by atoms with Crippen LogP contribution in [0.3, 0.4) is 0 Å². The van der Waals surface area contributed by atoms with Gasteiger partial charge in [-0.2, -0.15) is 0 Å². The van der Waals surface area contributed by atoms with Crippen LogP contribution in [-0.4, -0.2) is 5.91 Å². The lowest BCUT2D eigenvalue weighted by atomic mass is 10.1. The van der Waals surface area contributed by atoms with E-state index in [2.05, 4.69) is 10.6 Å². The van der Waals surface area contributed by atoms with Crippen LogP contribution in [0.5, 0.6) is 0 Å². The molecule has 2 N–H and O–H groups in total. The first kappa shape index (κ1) is 12.3. The number of hydrogen-bond donors (Lipinski definition) is 2. The second-order valence-corrected chi connectivity index (χ2v) is 5.12. The summed E-state index contributed by atoms with van der Waals surface area (Å²) in [5.41, 5.74) is 2.37. The zero-order valence-corrected chi connectivity index (χ0v) is 11.3. The Morgan fingerprint density at radius 2 is 1.89 bits per heavy atom. The summed E-state index contributed by atoms with van der Waals surface area (Å²) in [6, 6.07) is 12.2. The van der Waals surface area contributed by atoms with Gasteiger partial charge in [-0.1, -0.05) is 41.4 Å². The highest BCUT2D eigenvalue weighted by Gasteiger charge is 2.30. The molecule has 1 unspecified atom stereocenters. The molecule has 0 aliphatic carbocycles. The lowest BCUT2D eigenvalue weighted by Gasteiger charge is -2.14. The molecule has 0 fully saturated rings. The van der Waals surface area contributed by atoms with Gasteiger partial charge in [0.1, 0.15) is 6.04 Å². The molecule has 96 valence electrons. The van der Waals surface area contributed by atoms with Crippen LogP contribution in [-0.2, 0) is 4.79 Å². The molecular weight excluding hydrogens is 283 g/mol. The first-order valence-electron chi connectivity index (χ1n) is 5.76. The van der Waals surface area contributed by atoms with Crippen LogP contribution in [0, 0.1) is 0 Å². The van der Waals surface area contributed by atoms with E-state index in [0.717, 1.165) is 11.3 Å². The van der Waals surface area contributed by atoms with Crippen LogP contribution in [0.1, 0.15) is 11.6 Å². The van der Waals surface area contributed by atoms with Gasteiger partial charge in [0.05, 0.1) is 10.7 Å². The third kappa shape index (κ3) is 2.27. The number of rotatable bonds is 2. The van der Waals surface area contributed by atoms with Crippen molar-refractivity contribution in [2.24, 2.45) is 0 Å². The van der Waals surface area contributed by atoms with Gasteiger partial charge in [0.2, 0.25) is 0 Å². The maximum Gasteiger partial charge on any atom is 0.251 e. The van der Waals surface area contributed by atoms with E-state index in [1.807, 2.05) is 24.3 Å². The third-order valence-corrected chi connectivity index (χ3v) is 3.58. The Morgan fingerprint density at radius 3 is 2.74 bits per heavy atom. The van der Waals surface area contributed by atoms with Crippen molar-refractivity contribution >= 4 is 40.5 Å². The van der Waals surface area contributed by atoms with Crippen molar-refractivity contribution in [1.29, 1.82) is 0 Å². The topological polar surface area (TPSA) is 41.1 Å². The number of nitrogens with one attached hydrogen (secondary N) is 2. The fourth-order valence-electron chi connectivity index (χ4n) is 2.12. The average molecular weight is 293 g/mol. The zero-order chi connectivity index (χ0) is 13.4. The Hall–Kier alpha value is -1.71. The molecule has 1 aliphatic heterocycles. The molecule has 1 aliphatic rings. The molecule has 0 aromatic heterocycles. The van der Waals surface area contributed by atoms with Crippen molar-refractivity contribution in [2.45, 2.75) is 6.04 Å². The Balaban J connectivity index is 1.95. The van der Waals surface area contributed by atoms with E-state index >= 15 is 0 Å². The Morgan fingerprint density at radius 1 is 1.11 bits per heavy atom. The van der Waals surface area contributed by atoms with Gasteiger partial charge in [-0.15, -0.1) is 0 Å². The molecule has 19 heavy (non-hydrogen) atoms. The van der Waals surface area contributed by atoms with E-state index in [4.69, 9.17) is 23.2 Å². The van der Waals surface area contributed by atoms with Crippen LogP contribution >= 0.6 is 23.2 Å². The number of carbonyl (C=O) groups excluding carboxylic acids is 1. The van der Waals surface area contributed by atoms with Gasteiger partial charge in [-0.05, 0) is 24.3 Å². The van der Waals surface area contributed by atoms with E-state index in [-0.39, 0.29) is 5.91 Å². The van der Waals surface area contributed by atoms with Crippen molar-refractivity contribution in [1.82, 2.24) is 0 Å². The van der Waals surface area contributed by atoms with E-state index < -0.39 is 6.04 Å². The number of benzene rings is 2. The molecule has 1 amide bonds. The van der Waals surface area contributed by atoms with Crippen molar-refractivity contribution < 1.29 is 4.79 Å². The van der Waals surface area contributed by atoms with Crippen molar-refractivity contribution in [2.75, 3.05) is 10.6 Å². The number of amides is 1. The Labute approximate surface area is 120 Å². The van der Waals surface area contributed by atoms with Gasteiger partial charge in [0.25, 0.3) is 5.91 Å². The predicted molar refractivity (Wildman–Crippen MR) is 77.9 cm³/mol. The maximum absolute atomic E-state index is 12.0. The normalized spacial score (nSPS) is 16.9. The molecule has 0 bridgehead atoms. The number of anilines is 2. The lowest BCUT2D eigenvalue weighted by Crippen LogP contribution is -2.19. The summed E-state index contributed by atoms with van der Waals surface area (Å²) in [7, 11) is 0. The van der Waals surface area contributed by atoms with Crippen molar-refractivity contribution in [3.05, 3.63) is 58.1 Å². The Bertz CT molecular complexity index is 658. The minimum atomic E-state index is -0.452. The van der Waals surface area contributed by atoms with Crippen LogP contribution in [0.15, 0.2) is 42.5 Å². The Kier molecular flexibility index (Phi) is 3.09. The highest BCUT2D eigenvalue weighted by molar-refractivity contribution is 6.35. The first-order chi connectivity index (χ1) is 9.15. The molecular formula is C14H10Cl2N2O. The van der Waals surface area contributed by atoms with E-state index in [1.54, 1.807) is 18.2 Å². The molecule has 0 spiro atoms. The number of halogens is 2. The standard InChI is InChI=1S/C14H10Cl2N2O/c15-8-5-6-10(16)12(7-8)17-13-9-3-1-2-4-11(9)18-14(13)19/h1-7,13,17H,(H,18,19). The van der Waals surface area contributed by atoms with E-state index in [0.29, 0.717) is 15.7 Å². The van der Waals surface area contributed by atoms with Crippen molar-refractivity contribution in [3.8, 4) is 0 Å². The molecule has 0 saturated heterocycles. The molecule has 2 aromatic carbocycles. The summed E-state index contributed by atoms with van der Waals surface area (Å²) in [6.45, 7) is 0. The fourth-order valence-corrected chi connectivity index (χ4v) is 2.46. The number of para-hydroxylation sites is 1. The van der Waals surface area contributed by atoms with Gasteiger partial charge in [0, 0.05) is 16.3 Å². The number of fused-ring (bicyclic) bond motifs is 1. The molecule has 3 rings (SSSR count). The quantitative estimate of drug-likeness (QED) is 0.875. The van der Waals surface area contributed by atoms with Crippen LogP contribution in [0.25, 0.3) is 0 Å². The van der Waals surface area contributed by atoms with Gasteiger partial charge < -0.3 is 10.6 Å². The van der Waals surface area contributed by atoms with Gasteiger partial charge >= 0.3 is 0 Å². The van der Waals surface area contributed by atoms with Crippen molar-refractivity contribution in [3.63, 3.8) is 0 Å². The lowest BCUT2D eigenvalue weighted by molar-refractivity contribution is -0.116. The summed E-state index contributed by atoms with van der Waals surface area (Å²) in [4.78, 5) is 12.0. The fraction of sp³-hybridized carbons (Fsp3) is 0.0714. The minimum Gasteiger partial charge on any atom is -0.369 e. The first-order valence-corrected chi connectivity index (χ1v) is 6.52. The molecule has 3 nitrogen and oxygen atoms in total. The van der Waals surface area contributed by atoms with E-state index in [1.165, 1.54) is 0 Å². The van der Waals surface area contributed by atoms with E-state index in [9.17, 15) is 4.79 Å². The maximum atomic E-state index is 12.0. The SMILES string of the molecule is O=C1Nc2ccccc2C1Nc1cc(Cl)ccc1Cl. The molecule has 1 atom stereocenters. The highest BCUT2D eigenvalue weighted by Crippen LogP contribution is 2.35. The van der Waals surface area contributed by atoms with Gasteiger partial charge in [-0.3, -0.25) is 4.79 Å². The minimum absolute atomic E-state index is 0.0998. The largest absolute Gasteiger partial charge is 0.369 e. The average Bonchev–Trinajstić information content (AvgIpc) is 2.71. The summed E-state index contributed by atoms with van der Waals surface area (Å²) in [5, 5.41) is 7.05. The second kappa shape index (κ2) is 4.76. The zero-order valence-electron chi connectivity index (χ0n) is 9.78. The van der Waals surface area contributed by atoms with Crippen LogP contribution in [0.2, 0.25) is 10.0 Å². The number of hydrogen-bond acceptors (Lipinski definition) is 2. The highest BCUT2D eigenvalue weighted by atomic mass is 35.5. The summed E-state index contributed by atoms with van der Waals surface area (Å²) in [5.74, 6) is -0.0998. The van der Waals surface area contributed by atoms with Crippen LogP contribution < -0.4 is 10.6 Å².